The lowest BCUT2D eigenvalue weighted by molar-refractivity contribution is 0.0551. The molecular weight excluding hydrogens is 639 g/mol. The summed E-state index contributed by atoms with van der Waals surface area (Å²) in [5.41, 5.74) is 10.6. The highest BCUT2D eigenvalue weighted by atomic mass is 16.6. The highest BCUT2D eigenvalue weighted by molar-refractivity contribution is 6.19. The third-order valence-electron chi connectivity index (χ3n) is 10.2. The summed E-state index contributed by atoms with van der Waals surface area (Å²) in [6, 6.07) is 53.2. The molecule has 10 rings (SSSR count). The molecule has 1 N–H and O–H groups in total. The van der Waals surface area contributed by atoms with E-state index in [4.69, 9.17) is 4.74 Å². The topological polar surface area (TPSA) is 51.9 Å². The number of H-pyrrole nitrogens is 1. The van der Waals surface area contributed by atoms with Gasteiger partial charge in [0.1, 0.15) is 5.60 Å². The molecule has 0 saturated heterocycles. The van der Waals surface area contributed by atoms with E-state index in [9.17, 15) is 4.79 Å². The second kappa shape index (κ2) is 11.2. The van der Waals surface area contributed by atoms with Crippen LogP contribution in [0, 0.1) is 0 Å². The molecule has 0 aliphatic rings. The van der Waals surface area contributed by atoms with Crippen molar-refractivity contribution in [2.45, 2.75) is 26.4 Å². The Labute approximate surface area is 300 Å². The molecule has 3 heterocycles. The van der Waals surface area contributed by atoms with Crippen molar-refractivity contribution in [1.29, 1.82) is 0 Å². The molecule has 0 spiro atoms. The van der Waals surface area contributed by atoms with E-state index in [0.717, 1.165) is 71.8 Å². The van der Waals surface area contributed by atoms with Gasteiger partial charge in [-0.1, -0.05) is 115 Å². The van der Waals surface area contributed by atoms with Crippen molar-refractivity contribution in [3.05, 3.63) is 152 Å². The van der Waals surface area contributed by atoms with Gasteiger partial charge >= 0.3 is 6.09 Å². The van der Waals surface area contributed by atoms with Crippen molar-refractivity contribution in [3.8, 4) is 27.9 Å². The average molecular weight is 674 g/mol. The number of aromatic amines is 1. The van der Waals surface area contributed by atoms with Crippen molar-refractivity contribution in [1.82, 2.24) is 14.1 Å². The third-order valence-corrected chi connectivity index (χ3v) is 10.2. The number of carbonyl (C=O) groups is 1. The standard InChI is InChI=1S/C47H35N3O2/c1-47(2,3)52-46(51)50-43-27-26-29(49-41-24-10-7-17-33(41)34-18-8-11-25-42(34)49)28-39(43)38-22-13-21-37(45(38)50)31-15-5-4-14-30(31)35-19-12-20-36-32-16-6-9-23-40(32)48-44(35)36/h4-28,48H,1-3H3. The van der Waals surface area contributed by atoms with Gasteiger partial charge in [0, 0.05) is 54.6 Å². The van der Waals surface area contributed by atoms with Crippen LogP contribution in [0.15, 0.2) is 152 Å². The van der Waals surface area contributed by atoms with Crippen LogP contribution in [-0.2, 0) is 4.74 Å². The maximum Gasteiger partial charge on any atom is 0.419 e. The summed E-state index contributed by atoms with van der Waals surface area (Å²) in [6.45, 7) is 5.74. The number of rotatable bonds is 3. The summed E-state index contributed by atoms with van der Waals surface area (Å²) in [5.74, 6) is 0. The van der Waals surface area contributed by atoms with E-state index in [1.807, 2.05) is 20.8 Å². The normalized spacial score (nSPS) is 12.2. The minimum Gasteiger partial charge on any atom is -0.443 e. The highest BCUT2D eigenvalue weighted by Crippen LogP contribution is 2.43. The van der Waals surface area contributed by atoms with Crippen molar-refractivity contribution in [3.63, 3.8) is 0 Å². The van der Waals surface area contributed by atoms with Crippen molar-refractivity contribution >= 4 is 71.5 Å². The SMILES string of the molecule is CC(C)(C)OC(=O)n1c2ccc(-n3c4ccccc4c4ccccc43)cc2c2cccc(-c3ccccc3-c3cccc4c3[nH]c3ccccc34)c21. The predicted octanol–water partition coefficient (Wildman–Crippen LogP) is 12.6. The zero-order valence-corrected chi connectivity index (χ0v) is 29.1. The van der Waals surface area contributed by atoms with Gasteiger partial charge in [-0.2, -0.15) is 0 Å². The zero-order valence-electron chi connectivity index (χ0n) is 29.1. The largest absolute Gasteiger partial charge is 0.443 e. The van der Waals surface area contributed by atoms with Crippen molar-refractivity contribution in [2.24, 2.45) is 0 Å². The highest BCUT2D eigenvalue weighted by Gasteiger charge is 2.26. The first-order valence-corrected chi connectivity index (χ1v) is 17.7. The molecule has 0 radical (unpaired) electrons. The van der Waals surface area contributed by atoms with Crippen molar-refractivity contribution < 1.29 is 9.53 Å². The Balaban J connectivity index is 1.26. The van der Waals surface area contributed by atoms with Gasteiger partial charge in [-0.05, 0) is 68.3 Å². The number of nitrogens with zero attached hydrogens (tertiary/aromatic N) is 2. The third kappa shape index (κ3) is 4.52. The number of para-hydroxylation sites is 5. The van der Waals surface area contributed by atoms with Gasteiger partial charge in [-0.15, -0.1) is 0 Å². The molecule has 0 saturated carbocycles. The van der Waals surface area contributed by atoms with E-state index in [2.05, 4.69) is 161 Å². The molecule has 5 nitrogen and oxygen atoms in total. The lowest BCUT2D eigenvalue weighted by atomic mass is 9.92. The van der Waals surface area contributed by atoms with Gasteiger partial charge in [0.15, 0.2) is 0 Å². The van der Waals surface area contributed by atoms with Gasteiger partial charge in [0.2, 0.25) is 0 Å². The Hall–Kier alpha value is -6.59. The first-order chi connectivity index (χ1) is 25.4. The van der Waals surface area contributed by atoms with Crippen LogP contribution >= 0.6 is 0 Å². The summed E-state index contributed by atoms with van der Waals surface area (Å²) in [4.78, 5) is 18.1. The van der Waals surface area contributed by atoms with E-state index in [-0.39, 0.29) is 0 Å². The molecule has 0 amide bonds. The molecule has 3 aromatic heterocycles. The average Bonchev–Trinajstić information content (AvgIpc) is 3.82. The molecule has 52 heavy (non-hydrogen) atoms. The van der Waals surface area contributed by atoms with E-state index < -0.39 is 11.7 Å². The van der Waals surface area contributed by atoms with Gasteiger partial charge in [0.05, 0.1) is 27.6 Å². The molecule has 5 heteroatoms. The number of nitrogens with one attached hydrogen (secondary N) is 1. The zero-order chi connectivity index (χ0) is 35.1. The number of hydrogen-bond acceptors (Lipinski definition) is 2. The molecule has 7 aromatic carbocycles. The Bertz CT molecular complexity index is 3010. The fourth-order valence-corrected chi connectivity index (χ4v) is 8.16. The first kappa shape index (κ1) is 30.3. The van der Waals surface area contributed by atoms with Gasteiger partial charge < -0.3 is 14.3 Å². The van der Waals surface area contributed by atoms with E-state index >= 15 is 0 Å². The fourth-order valence-electron chi connectivity index (χ4n) is 8.16. The summed E-state index contributed by atoms with van der Waals surface area (Å²) in [5, 5.41) is 6.76. The minimum atomic E-state index is -0.680. The Morgan fingerprint density at radius 2 is 1.08 bits per heavy atom. The van der Waals surface area contributed by atoms with Crippen LogP contribution in [0.3, 0.4) is 0 Å². The summed E-state index contributed by atoms with van der Waals surface area (Å²) < 4.78 is 10.2. The smallest absolute Gasteiger partial charge is 0.419 e. The summed E-state index contributed by atoms with van der Waals surface area (Å²) >= 11 is 0. The van der Waals surface area contributed by atoms with Crippen LogP contribution in [0.2, 0.25) is 0 Å². The Morgan fingerprint density at radius 1 is 0.519 bits per heavy atom. The molecule has 0 fully saturated rings. The lowest BCUT2D eigenvalue weighted by Gasteiger charge is -2.21. The van der Waals surface area contributed by atoms with Gasteiger partial charge in [-0.3, -0.25) is 0 Å². The van der Waals surface area contributed by atoms with Crippen LogP contribution in [0.25, 0.3) is 93.4 Å². The molecule has 0 aliphatic carbocycles. The number of ether oxygens (including phenoxy) is 1. The number of aromatic nitrogens is 3. The summed E-state index contributed by atoms with van der Waals surface area (Å²) in [7, 11) is 0. The van der Waals surface area contributed by atoms with E-state index in [1.54, 1.807) is 4.57 Å². The number of hydrogen-bond donors (Lipinski definition) is 1. The molecule has 0 bridgehead atoms. The first-order valence-electron chi connectivity index (χ1n) is 17.7. The van der Waals surface area contributed by atoms with Crippen molar-refractivity contribution in [2.75, 3.05) is 0 Å². The van der Waals surface area contributed by atoms with Crippen LogP contribution < -0.4 is 0 Å². The maximum absolute atomic E-state index is 14.4. The number of benzene rings is 7. The number of fused-ring (bicyclic) bond motifs is 9. The predicted molar refractivity (Wildman–Crippen MR) is 216 cm³/mol. The second-order valence-electron chi connectivity index (χ2n) is 14.5. The molecular formula is C47H35N3O2. The Kier molecular flexibility index (Phi) is 6.52. The number of carbonyl (C=O) groups excluding carboxylic acids is 1. The second-order valence-corrected chi connectivity index (χ2v) is 14.5. The quantitative estimate of drug-likeness (QED) is 0.203. The van der Waals surface area contributed by atoms with Crippen LogP contribution in [-0.4, -0.2) is 25.8 Å². The van der Waals surface area contributed by atoms with E-state index in [1.165, 1.54) is 21.5 Å². The van der Waals surface area contributed by atoms with Crippen LogP contribution in [0.5, 0.6) is 0 Å². The molecule has 10 aromatic rings. The molecule has 0 aliphatic heterocycles. The molecule has 250 valence electrons. The Morgan fingerprint density at radius 3 is 1.79 bits per heavy atom. The van der Waals surface area contributed by atoms with Gasteiger partial charge in [-0.25, -0.2) is 9.36 Å². The van der Waals surface area contributed by atoms with Gasteiger partial charge in [0.25, 0.3) is 0 Å². The molecule has 0 atom stereocenters. The van der Waals surface area contributed by atoms with Crippen LogP contribution in [0.4, 0.5) is 4.79 Å². The maximum atomic E-state index is 14.4. The summed E-state index contributed by atoms with van der Waals surface area (Å²) in [6.07, 6.45) is -0.403. The molecule has 0 unspecified atom stereocenters. The lowest BCUT2D eigenvalue weighted by Crippen LogP contribution is -2.27. The monoisotopic (exact) mass is 673 g/mol. The van der Waals surface area contributed by atoms with Crippen LogP contribution in [0.1, 0.15) is 20.8 Å². The van der Waals surface area contributed by atoms with E-state index in [0.29, 0.717) is 0 Å². The minimum absolute atomic E-state index is 0.403. The fraction of sp³-hybridized carbons (Fsp3) is 0.0851.